The number of methoxy groups -OCH3 is 1. The number of thioether (sulfide) groups is 1. The summed E-state index contributed by atoms with van der Waals surface area (Å²) < 4.78 is 4.90. The number of esters is 1. The van der Waals surface area contributed by atoms with E-state index in [1.54, 1.807) is 0 Å². The summed E-state index contributed by atoms with van der Waals surface area (Å²) in [7, 11) is 1.45. The molecule has 118 valence electrons. The van der Waals surface area contributed by atoms with Gasteiger partial charge in [-0.05, 0) is 51.1 Å². The lowest BCUT2D eigenvalue weighted by molar-refractivity contribution is -0.148. The van der Waals surface area contributed by atoms with E-state index < -0.39 is 5.54 Å². The van der Waals surface area contributed by atoms with Gasteiger partial charge in [-0.25, -0.2) is 0 Å². The second-order valence-electron chi connectivity index (χ2n) is 5.48. The minimum Gasteiger partial charge on any atom is -0.468 e. The molecule has 4 heteroatoms. The highest BCUT2D eigenvalue weighted by atomic mass is 32.2. The molecule has 1 aromatic rings. The van der Waals surface area contributed by atoms with E-state index in [0.29, 0.717) is 0 Å². The SMILES string of the molecule is CCNC(C)(CCCCSc1cccc(C)c1)C(=O)OC. The van der Waals surface area contributed by atoms with Gasteiger partial charge in [0.15, 0.2) is 0 Å². The number of hydrogen-bond donors (Lipinski definition) is 1. The number of nitrogens with one attached hydrogen (secondary N) is 1. The van der Waals surface area contributed by atoms with Crippen molar-refractivity contribution in [3.05, 3.63) is 29.8 Å². The maximum absolute atomic E-state index is 11.9. The zero-order chi connectivity index (χ0) is 15.7. The number of ether oxygens (including phenoxy) is 1. The van der Waals surface area contributed by atoms with Crippen LogP contribution in [0.4, 0.5) is 0 Å². The van der Waals surface area contributed by atoms with E-state index in [1.165, 1.54) is 17.6 Å². The van der Waals surface area contributed by atoms with Crippen LogP contribution in [0.5, 0.6) is 0 Å². The van der Waals surface area contributed by atoms with Gasteiger partial charge in [-0.2, -0.15) is 0 Å². The number of carbonyl (C=O) groups excluding carboxylic acids is 1. The van der Waals surface area contributed by atoms with Crippen LogP contribution in [-0.2, 0) is 9.53 Å². The molecule has 0 heterocycles. The summed E-state index contributed by atoms with van der Waals surface area (Å²) in [5.74, 6) is 0.906. The molecule has 0 amide bonds. The summed E-state index contributed by atoms with van der Waals surface area (Å²) in [6.07, 6.45) is 2.91. The lowest BCUT2D eigenvalue weighted by Gasteiger charge is -2.27. The van der Waals surface area contributed by atoms with E-state index in [0.717, 1.165) is 31.6 Å². The number of unbranched alkanes of at least 4 members (excludes halogenated alkanes) is 1. The number of aryl methyl sites for hydroxylation is 1. The quantitative estimate of drug-likeness (QED) is 0.428. The van der Waals surface area contributed by atoms with Gasteiger partial charge in [0.05, 0.1) is 7.11 Å². The average Bonchev–Trinajstić information content (AvgIpc) is 2.46. The zero-order valence-electron chi connectivity index (χ0n) is 13.6. The van der Waals surface area contributed by atoms with Crippen molar-refractivity contribution in [1.82, 2.24) is 5.32 Å². The molecule has 0 bridgehead atoms. The molecule has 0 spiro atoms. The normalized spacial score (nSPS) is 13.7. The van der Waals surface area contributed by atoms with Crippen LogP contribution in [0, 0.1) is 6.92 Å². The molecule has 0 aliphatic heterocycles. The highest BCUT2D eigenvalue weighted by Gasteiger charge is 2.32. The van der Waals surface area contributed by atoms with E-state index >= 15 is 0 Å². The van der Waals surface area contributed by atoms with Gasteiger partial charge in [-0.15, -0.1) is 11.8 Å². The summed E-state index contributed by atoms with van der Waals surface area (Å²) in [6.45, 7) is 6.82. The third-order valence-electron chi connectivity index (χ3n) is 3.53. The molecule has 3 nitrogen and oxygen atoms in total. The van der Waals surface area contributed by atoms with Crippen LogP contribution >= 0.6 is 11.8 Å². The minimum atomic E-state index is -0.558. The second kappa shape index (κ2) is 9.11. The number of rotatable bonds is 9. The summed E-state index contributed by atoms with van der Waals surface area (Å²) in [4.78, 5) is 13.2. The molecule has 1 aromatic carbocycles. The summed E-state index contributed by atoms with van der Waals surface area (Å²) in [6, 6.07) is 8.57. The zero-order valence-corrected chi connectivity index (χ0v) is 14.4. The summed E-state index contributed by atoms with van der Waals surface area (Å²) in [5, 5.41) is 3.24. The van der Waals surface area contributed by atoms with Crippen LogP contribution in [0.15, 0.2) is 29.2 Å². The molecular formula is C17H27NO2S. The lowest BCUT2D eigenvalue weighted by Crippen LogP contribution is -2.50. The Morgan fingerprint density at radius 3 is 2.76 bits per heavy atom. The first kappa shape index (κ1) is 18.1. The van der Waals surface area contributed by atoms with Gasteiger partial charge in [-0.3, -0.25) is 4.79 Å². The molecule has 0 radical (unpaired) electrons. The summed E-state index contributed by atoms with van der Waals surface area (Å²) >= 11 is 1.88. The van der Waals surface area contributed by atoms with Gasteiger partial charge in [0.2, 0.25) is 0 Å². The molecule has 1 unspecified atom stereocenters. The molecule has 0 saturated heterocycles. The fraction of sp³-hybridized carbons (Fsp3) is 0.588. The van der Waals surface area contributed by atoms with Crippen LogP contribution in [0.3, 0.4) is 0 Å². The number of likely N-dealkylation sites (N-methyl/N-ethyl adjacent to an activating group) is 1. The van der Waals surface area contributed by atoms with E-state index in [1.807, 2.05) is 25.6 Å². The van der Waals surface area contributed by atoms with Crippen molar-refractivity contribution in [2.24, 2.45) is 0 Å². The Kier molecular flexibility index (Phi) is 7.83. The van der Waals surface area contributed by atoms with Crippen LogP contribution in [-0.4, -0.2) is 30.9 Å². The van der Waals surface area contributed by atoms with Gasteiger partial charge in [-0.1, -0.05) is 31.0 Å². The minimum absolute atomic E-state index is 0.171. The first-order chi connectivity index (χ1) is 10.0. The van der Waals surface area contributed by atoms with E-state index in [2.05, 4.69) is 36.5 Å². The highest BCUT2D eigenvalue weighted by molar-refractivity contribution is 7.99. The maximum atomic E-state index is 11.9. The molecule has 0 aliphatic carbocycles. The van der Waals surface area contributed by atoms with Crippen LogP contribution in [0.1, 0.15) is 38.7 Å². The molecular weight excluding hydrogens is 282 g/mol. The van der Waals surface area contributed by atoms with Crippen LogP contribution in [0.25, 0.3) is 0 Å². The van der Waals surface area contributed by atoms with Gasteiger partial charge in [0.1, 0.15) is 5.54 Å². The molecule has 1 rings (SSSR count). The second-order valence-corrected chi connectivity index (χ2v) is 6.64. The fourth-order valence-electron chi connectivity index (χ4n) is 2.35. The topological polar surface area (TPSA) is 38.3 Å². The van der Waals surface area contributed by atoms with E-state index in [9.17, 15) is 4.79 Å². The Morgan fingerprint density at radius 2 is 2.14 bits per heavy atom. The number of hydrogen-bond acceptors (Lipinski definition) is 4. The highest BCUT2D eigenvalue weighted by Crippen LogP contribution is 2.22. The largest absolute Gasteiger partial charge is 0.468 e. The Balaban J connectivity index is 2.33. The lowest BCUT2D eigenvalue weighted by atomic mass is 9.95. The van der Waals surface area contributed by atoms with Crippen molar-refractivity contribution in [1.29, 1.82) is 0 Å². The Bertz CT molecular complexity index is 450. The molecule has 0 aliphatic rings. The van der Waals surface area contributed by atoms with E-state index in [4.69, 9.17) is 4.74 Å². The van der Waals surface area contributed by atoms with Crippen molar-refractivity contribution >= 4 is 17.7 Å². The van der Waals surface area contributed by atoms with Crippen molar-refractivity contribution in [2.75, 3.05) is 19.4 Å². The van der Waals surface area contributed by atoms with Gasteiger partial charge >= 0.3 is 5.97 Å². The summed E-state index contributed by atoms with van der Waals surface area (Å²) in [5.41, 5.74) is 0.739. The fourth-order valence-corrected chi connectivity index (χ4v) is 3.38. The predicted octanol–water partition coefficient (Wildman–Crippen LogP) is 3.80. The number of benzene rings is 1. The first-order valence-corrected chi connectivity index (χ1v) is 8.53. The Labute approximate surface area is 132 Å². The molecule has 0 fully saturated rings. The van der Waals surface area contributed by atoms with Gasteiger partial charge in [0.25, 0.3) is 0 Å². The first-order valence-electron chi connectivity index (χ1n) is 7.54. The molecule has 0 saturated carbocycles. The van der Waals surface area contributed by atoms with Crippen molar-refractivity contribution in [3.63, 3.8) is 0 Å². The smallest absolute Gasteiger partial charge is 0.325 e. The monoisotopic (exact) mass is 309 g/mol. The van der Waals surface area contributed by atoms with Crippen molar-refractivity contribution < 1.29 is 9.53 Å². The van der Waals surface area contributed by atoms with Crippen LogP contribution < -0.4 is 5.32 Å². The van der Waals surface area contributed by atoms with Crippen molar-refractivity contribution in [2.45, 2.75) is 50.5 Å². The Hall–Kier alpha value is -1.00. The predicted molar refractivity (Wildman–Crippen MR) is 89.9 cm³/mol. The van der Waals surface area contributed by atoms with E-state index in [-0.39, 0.29) is 5.97 Å². The standard InChI is InChI=1S/C17H27NO2S/c1-5-18-17(3,16(19)20-4)11-6-7-12-21-15-10-8-9-14(2)13-15/h8-10,13,18H,5-7,11-12H2,1-4H3. The van der Waals surface area contributed by atoms with Gasteiger partial charge in [0, 0.05) is 4.90 Å². The average molecular weight is 309 g/mol. The molecule has 1 atom stereocenters. The van der Waals surface area contributed by atoms with Crippen LogP contribution in [0.2, 0.25) is 0 Å². The maximum Gasteiger partial charge on any atom is 0.325 e. The molecule has 21 heavy (non-hydrogen) atoms. The van der Waals surface area contributed by atoms with Crippen molar-refractivity contribution in [3.8, 4) is 0 Å². The Morgan fingerprint density at radius 1 is 1.38 bits per heavy atom. The molecule has 0 aromatic heterocycles. The third-order valence-corrected chi connectivity index (χ3v) is 4.61. The molecule has 1 N–H and O–H groups in total. The number of carbonyl (C=O) groups is 1. The van der Waals surface area contributed by atoms with Gasteiger partial charge < -0.3 is 10.1 Å². The third kappa shape index (κ3) is 6.10.